The maximum absolute atomic E-state index is 13.2. The average Bonchev–Trinajstić information content (AvgIpc) is 3.05. The molecular formula is C32H40Cl2N4O7S. The summed E-state index contributed by atoms with van der Waals surface area (Å²) in [6.07, 6.45) is 1.55. The SMILES string of the molecule is CN(C[C@@H](CCN1CCC(N(CCO)C(=O)OCc2ccc([N+](=O)[O-])cc2)CC1)c1cccc(Cl)c1)S(=O)(=O)c1ccccc1.Cl. The molecule has 1 saturated heterocycles. The van der Waals surface area contributed by atoms with E-state index in [9.17, 15) is 28.4 Å². The molecule has 1 aliphatic rings. The summed E-state index contributed by atoms with van der Waals surface area (Å²) in [5.74, 6) is -0.0924. The lowest BCUT2D eigenvalue weighted by molar-refractivity contribution is -0.384. The summed E-state index contributed by atoms with van der Waals surface area (Å²) in [6.45, 7) is 2.38. The van der Waals surface area contributed by atoms with Gasteiger partial charge in [-0.1, -0.05) is 41.9 Å². The summed E-state index contributed by atoms with van der Waals surface area (Å²) < 4.78 is 33.4. The first-order valence-electron chi connectivity index (χ1n) is 14.8. The van der Waals surface area contributed by atoms with Crippen molar-refractivity contribution in [1.82, 2.24) is 14.1 Å². The fourth-order valence-corrected chi connectivity index (χ4v) is 7.01. The highest BCUT2D eigenvalue weighted by Gasteiger charge is 2.30. The second kappa shape index (κ2) is 17.6. The highest BCUT2D eigenvalue weighted by molar-refractivity contribution is 7.89. The zero-order chi connectivity index (χ0) is 32.4. The van der Waals surface area contributed by atoms with Gasteiger partial charge in [0.2, 0.25) is 10.0 Å². The Bertz CT molecular complexity index is 1520. The number of piperidine rings is 1. The van der Waals surface area contributed by atoms with Crippen LogP contribution in [0, 0.1) is 10.1 Å². The number of nitro benzene ring substituents is 1. The first-order valence-corrected chi connectivity index (χ1v) is 16.7. The Morgan fingerprint density at radius 1 is 1.09 bits per heavy atom. The molecule has 1 amide bonds. The molecule has 0 radical (unpaired) electrons. The molecular weight excluding hydrogens is 655 g/mol. The number of halogens is 2. The zero-order valence-electron chi connectivity index (χ0n) is 25.6. The summed E-state index contributed by atoms with van der Waals surface area (Å²) in [6, 6.07) is 21.6. The highest BCUT2D eigenvalue weighted by atomic mass is 35.5. The maximum atomic E-state index is 13.2. The predicted molar refractivity (Wildman–Crippen MR) is 179 cm³/mol. The molecule has 3 aromatic rings. The van der Waals surface area contributed by atoms with Crippen molar-refractivity contribution in [3.63, 3.8) is 0 Å². The van der Waals surface area contributed by atoms with Crippen molar-refractivity contribution in [2.75, 3.05) is 46.4 Å². The van der Waals surface area contributed by atoms with Crippen LogP contribution in [-0.4, -0.2) is 91.1 Å². The van der Waals surface area contributed by atoms with Crippen LogP contribution in [0.4, 0.5) is 10.5 Å². The number of benzene rings is 3. The molecule has 1 atom stereocenters. The number of likely N-dealkylation sites (tertiary alicyclic amines) is 1. The number of rotatable bonds is 14. The van der Waals surface area contributed by atoms with Gasteiger partial charge in [-0.25, -0.2) is 17.5 Å². The summed E-state index contributed by atoms with van der Waals surface area (Å²) in [7, 11) is -2.06. The number of aliphatic hydroxyl groups is 1. The molecule has 1 heterocycles. The Balaban J connectivity index is 0.00000576. The smallest absolute Gasteiger partial charge is 0.410 e. The molecule has 0 bridgehead atoms. The number of non-ortho nitro benzene ring substituents is 1. The van der Waals surface area contributed by atoms with Crippen molar-refractivity contribution in [3.8, 4) is 0 Å². The van der Waals surface area contributed by atoms with E-state index in [4.69, 9.17) is 16.3 Å². The van der Waals surface area contributed by atoms with E-state index >= 15 is 0 Å². The minimum Gasteiger partial charge on any atom is -0.445 e. The van der Waals surface area contributed by atoms with Crippen molar-refractivity contribution < 1.29 is 28.0 Å². The maximum Gasteiger partial charge on any atom is 0.410 e. The van der Waals surface area contributed by atoms with Gasteiger partial charge in [-0.2, -0.15) is 0 Å². The number of likely N-dealkylation sites (N-methyl/N-ethyl adjacent to an activating group) is 1. The van der Waals surface area contributed by atoms with Crippen LogP contribution in [0.25, 0.3) is 0 Å². The van der Waals surface area contributed by atoms with Crippen molar-refractivity contribution in [2.24, 2.45) is 0 Å². The lowest BCUT2D eigenvalue weighted by atomic mass is 9.94. The number of carbonyl (C=O) groups is 1. The Kier molecular flexibility index (Phi) is 14.2. The van der Waals surface area contributed by atoms with E-state index in [-0.39, 0.29) is 54.7 Å². The van der Waals surface area contributed by atoms with Gasteiger partial charge in [0.25, 0.3) is 5.69 Å². The van der Waals surface area contributed by atoms with Crippen molar-refractivity contribution in [1.29, 1.82) is 0 Å². The van der Waals surface area contributed by atoms with Gasteiger partial charge in [0.1, 0.15) is 6.61 Å². The van der Waals surface area contributed by atoms with E-state index in [1.165, 1.54) is 16.4 Å². The van der Waals surface area contributed by atoms with E-state index in [1.54, 1.807) is 60.5 Å². The van der Waals surface area contributed by atoms with Crippen LogP contribution in [-0.2, 0) is 21.4 Å². The van der Waals surface area contributed by atoms with Gasteiger partial charge in [0.05, 0.1) is 16.4 Å². The van der Waals surface area contributed by atoms with Gasteiger partial charge in [-0.15, -0.1) is 12.4 Å². The van der Waals surface area contributed by atoms with Crippen molar-refractivity contribution >= 4 is 45.8 Å². The van der Waals surface area contributed by atoms with Crippen LogP contribution >= 0.6 is 24.0 Å². The minimum atomic E-state index is -3.66. The lowest BCUT2D eigenvalue weighted by Crippen LogP contribution is -2.48. The van der Waals surface area contributed by atoms with E-state index in [2.05, 4.69) is 4.90 Å². The van der Waals surface area contributed by atoms with Crippen LogP contribution < -0.4 is 0 Å². The number of nitrogens with zero attached hydrogens (tertiary/aromatic N) is 4. The largest absolute Gasteiger partial charge is 0.445 e. The predicted octanol–water partition coefficient (Wildman–Crippen LogP) is 5.56. The minimum absolute atomic E-state index is 0. The van der Waals surface area contributed by atoms with Crippen LogP contribution in [0.2, 0.25) is 5.02 Å². The Morgan fingerprint density at radius 3 is 2.37 bits per heavy atom. The van der Waals surface area contributed by atoms with Crippen LogP contribution in [0.15, 0.2) is 83.8 Å². The molecule has 0 unspecified atom stereocenters. The third-order valence-electron chi connectivity index (χ3n) is 8.13. The van der Waals surface area contributed by atoms with Gasteiger partial charge in [-0.05, 0) is 79.3 Å². The van der Waals surface area contributed by atoms with E-state index in [0.717, 1.165) is 25.2 Å². The van der Waals surface area contributed by atoms with Crippen LogP contribution in [0.1, 0.15) is 36.3 Å². The molecule has 3 aromatic carbocycles. The quantitative estimate of drug-likeness (QED) is 0.171. The van der Waals surface area contributed by atoms with Gasteiger partial charge in [0, 0.05) is 56.4 Å². The number of hydrogen-bond acceptors (Lipinski definition) is 8. The summed E-state index contributed by atoms with van der Waals surface area (Å²) in [5, 5.41) is 21.1. The number of sulfonamides is 1. The fourth-order valence-electron chi connectivity index (χ4n) is 5.57. The number of amides is 1. The van der Waals surface area contributed by atoms with Crippen molar-refractivity contribution in [2.45, 2.75) is 42.7 Å². The third kappa shape index (κ3) is 10.1. The Hall–Kier alpha value is -3.26. The Morgan fingerprint density at radius 2 is 1.76 bits per heavy atom. The lowest BCUT2D eigenvalue weighted by Gasteiger charge is -2.38. The molecule has 11 nitrogen and oxygen atoms in total. The molecule has 14 heteroatoms. The molecule has 0 spiro atoms. The van der Waals surface area contributed by atoms with Crippen LogP contribution in [0.3, 0.4) is 0 Å². The van der Waals surface area contributed by atoms with E-state index in [0.29, 0.717) is 36.4 Å². The Labute approximate surface area is 281 Å². The molecule has 0 aliphatic carbocycles. The number of aliphatic hydroxyl groups excluding tert-OH is 1. The van der Waals surface area contributed by atoms with Gasteiger partial charge in [0.15, 0.2) is 0 Å². The molecule has 0 saturated carbocycles. The first kappa shape index (κ1) is 37.2. The first-order chi connectivity index (χ1) is 21.6. The molecule has 4 rings (SSSR count). The molecule has 46 heavy (non-hydrogen) atoms. The fraction of sp³-hybridized carbons (Fsp3) is 0.406. The average molecular weight is 696 g/mol. The number of nitro groups is 1. The number of hydrogen-bond donors (Lipinski definition) is 1. The summed E-state index contributed by atoms with van der Waals surface area (Å²) in [4.78, 5) is 27.4. The molecule has 250 valence electrons. The van der Waals surface area contributed by atoms with E-state index in [1.807, 2.05) is 18.2 Å². The third-order valence-corrected chi connectivity index (χ3v) is 10.2. The highest BCUT2D eigenvalue weighted by Crippen LogP contribution is 2.27. The summed E-state index contributed by atoms with van der Waals surface area (Å²) >= 11 is 6.30. The second-order valence-corrected chi connectivity index (χ2v) is 13.6. The monoisotopic (exact) mass is 694 g/mol. The van der Waals surface area contributed by atoms with Gasteiger partial charge >= 0.3 is 6.09 Å². The number of carbonyl (C=O) groups excluding carboxylic acids is 1. The topological polar surface area (TPSA) is 134 Å². The standard InChI is InChI=1S/C32H39ClN4O7S.ClH/c1-34(45(42,43)31-8-3-2-4-9-31)23-27(26-6-5-7-28(33)22-26)14-17-35-18-15-29(16-19-35)36(20-21-38)32(39)44-24-25-10-12-30(13-11-25)37(40)41;/h2-13,22,27,29,38H,14-21,23-24H2,1H3;1H/t27-;/m1./s1. The second-order valence-electron chi connectivity index (χ2n) is 11.1. The van der Waals surface area contributed by atoms with Crippen LogP contribution in [0.5, 0.6) is 0 Å². The van der Waals surface area contributed by atoms with Crippen molar-refractivity contribution in [3.05, 3.63) is 105 Å². The molecule has 1 fully saturated rings. The zero-order valence-corrected chi connectivity index (χ0v) is 28.0. The molecule has 1 N–H and O–H groups in total. The van der Waals surface area contributed by atoms with Gasteiger partial charge < -0.3 is 19.6 Å². The molecule has 0 aromatic heterocycles. The summed E-state index contributed by atoms with van der Waals surface area (Å²) in [5.41, 5.74) is 1.56. The number of ether oxygens (including phenoxy) is 1. The molecule has 1 aliphatic heterocycles. The normalized spacial score (nSPS) is 14.8. The van der Waals surface area contributed by atoms with E-state index < -0.39 is 21.0 Å². The van der Waals surface area contributed by atoms with Gasteiger partial charge in [-0.3, -0.25) is 10.1 Å².